The van der Waals surface area contributed by atoms with Crippen LogP contribution in [0.15, 0.2) is 30.6 Å². The number of nitrogens with one attached hydrogen (secondary N) is 1. The topological polar surface area (TPSA) is 86.0 Å². The number of hydrogen-bond acceptors (Lipinski definition) is 6. The molecule has 0 radical (unpaired) electrons. The normalized spacial score (nSPS) is 9.94. The second-order valence-electron chi connectivity index (χ2n) is 3.24. The molecular formula is C11H13N5O. The van der Waals surface area contributed by atoms with Gasteiger partial charge >= 0.3 is 0 Å². The monoisotopic (exact) mass is 231 g/mol. The van der Waals surface area contributed by atoms with Crippen LogP contribution in [-0.2, 0) is 0 Å². The van der Waals surface area contributed by atoms with E-state index in [0.717, 1.165) is 5.69 Å². The first-order valence-corrected chi connectivity index (χ1v) is 5.22. The van der Waals surface area contributed by atoms with Crippen molar-refractivity contribution >= 4 is 17.5 Å². The zero-order chi connectivity index (χ0) is 12.1. The maximum Gasteiger partial charge on any atom is 0.221 e. The van der Waals surface area contributed by atoms with Gasteiger partial charge in [-0.2, -0.15) is 4.98 Å². The minimum absolute atomic E-state index is 0.230. The molecule has 0 atom stereocenters. The molecule has 0 spiro atoms. The van der Waals surface area contributed by atoms with Crippen LogP contribution in [0.4, 0.5) is 17.5 Å². The molecule has 6 heteroatoms. The molecule has 2 aromatic rings. The highest BCUT2D eigenvalue weighted by molar-refractivity contribution is 5.55. The summed E-state index contributed by atoms with van der Waals surface area (Å²) in [5.41, 5.74) is 6.29. The molecule has 0 fully saturated rings. The molecule has 2 rings (SSSR count). The molecule has 0 bridgehead atoms. The van der Waals surface area contributed by atoms with Crippen LogP contribution in [0.25, 0.3) is 0 Å². The van der Waals surface area contributed by atoms with Gasteiger partial charge < -0.3 is 15.8 Å². The number of pyridine rings is 1. The van der Waals surface area contributed by atoms with E-state index in [1.165, 1.54) is 0 Å². The fraction of sp³-hybridized carbons (Fsp3) is 0.182. The molecule has 0 aromatic carbocycles. The molecule has 0 aliphatic heterocycles. The highest BCUT2D eigenvalue weighted by atomic mass is 16.5. The SMILES string of the molecule is CCOc1ccc(Nc2ccnc(N)n2)cn1. The first kappa shape index (κ1) is 11.1. The Labute approximate surface area is 98.9 Å². The molecule has 0 amide bonds. The Bertz CT molecular complexity index is 485. The maximum absolute atomic E-state index is 5.48. The average Bonchev–Trinajstić information content (AvgIpc) is 2.32. The molecule has 0 saturated heterocycles. The number of aromatic nitrogens is 3. The third-order valence-corrected chi connectivity index (χ3v) is 1.98. The van der Waals surface area contributed by atoms with Gasteiger partial charge in [0.1, 0.15) is 5.82 Å². The summed E-state index contributed by atoms with van der Waals surface area (Å²) in [4.78, 5) is 12.0. The predicted octanol–water partition coefficient (Wildman–Crippen LogP) is 1.60. The van der Waals surface area contributed by atoms with Crippen molar-refractivity contribution in [1.82, 2.24) is 15.0 Å². The van der Waals surface area contributed by atoms with E-state index in [0.29, 0.717) is 18.3 Å². The molecule has 6 nitrogen and oxygen atoms in total. The summed E-state index contributed by atoms with van der Waals surface area (Å²) in [7, 11) is 0. The lowest BCUT2D eigenvalue weighted by Crippen LogP contribution is -2.00. The summed E-state index contributed by atoms with van der Waals surface area (Å²) in [6.45, 7) is 2.51. The van der Waals surface area contributed by atoms with Crippen molar-refractivity contribution in [1.29, 1.82) is 0 Å². The van der Waals surface area contributed by atoms with E-state index >= 15 is 0 Å². The summed E-state index contributed by atoms with van der Waals surface area (Å²) < 4.78 is 5.25. The second-order valence-corrected chi connectivity index (χ2v) is 3.24. The van der Waals surface area contributed by atoms with E-state index in [4.69, 9.17) is 10.5 Å². The number of nitrogen functional groups attached to an aromatic ring is 1. The van der Waals surface area contributed by atoms with Gasteiger partial charge in [-0.3, -0.25) is 0 Å². The summed E-state index contributed by atoms with van der Waals surface area (Å²) in [5, 5.41) is 3.06. The van der Waals surface area contributed by atoms with Crippen LogP contribution >= 0.6 is 0 Å². The Hall–Kier alpha value is -2.37. The maximum atomic E-state index is 5.48. The lowest BCUT2D eigenvalue weighted by Gasteiger charge is -2.06. The summed E-state index contributed by atoms with van der Waals surface area (Å²) in [6.07, 6.45) is 3.26. The molecule has 17 heavy (non-hydrogen) atoms. The third kappa shape index (κ3) is 3.04. The Kier molecular flexibility index (Phi) is 3.34. The second kappa shape index (κ2) is 5.11. The lowest BCUT2D eigenvalue weighted by molar-refractivity contribution is 0.327. The highest BCUT2D eigenvalue weighted by Gasteiger charge is 1.98. The summed E-state index contributed by atoms with van der Waals surface area (Å²) >= 11 is 0. The minimum Gasteiger partial charge on any atom is -0.478 e. The number of rotatable bonds is 4. The number of ether oxygens (including phenoxy) is 1. The van der Waals surface area contributed by atoms with Crippen LogP contribution in [0, 0.1) is 0 Å². The Balaban J connectivity index is 2.08. The van der Waals surface area contributed by atoms with Crippen molar-refractivity contribution in [2.24, 2.45) is 0 Å². The molecule has 2 aromatic heterocycles. The van der Waals surface area contributed by atoms with E-state index in [-0.39, 0.29) is 5.95 Å². The molecule has 3 N–H and O–H groups in total. The largest absolute Gasteiger partial charge is 0.478 e. The first-order chi connectivity index (χ1) is 8.28. The highest BCUT2D eigenvalue weighted by Crippen LogP contribution is 2.16. The molecule has 2 heterocycles. The van der Waals surface area contributed by atoms with Crippen LogP contribution in [0.5, 0.6) is 5.88 Å². The van der Waals surface area contributed by atoms with E-state index in [1.807, 2.05) is 13.0 Å². The third-order valence-electron chi connectivity index (χ3n) is 1.98. The Morgan fingerprint density at radius 2 is 2.18 bits per heavy atom. The van der Waals surface area contributed by atoms with Gasteiger partial charge in [0.25, 0.3) is 0 Å². The Morgan fingerprint density at radius 3 is 2.82 bits per heavy atom. The van der Waals surface area contributed by atoms with Crippen LogP contribution in [-0.4, -0.2) is 21.6 Å². The molecule has 0 saturated carbocycles. The van der Waals surface area contributed by atoms with E-state index in [9.17, 15) is 0 Å². The van der Waals surface area contributed by atoms with Crippen LogP contribution in [0.1, 0.15) is 6.92 Å². The van der Waals surface area contributed by atoms with Gasteiger partial charge in [-0.1, -0.05) is 0 Å². The van der Waals surface area contributed by atoms with Gasteiger partial charge in [-0.25, -0.2) is 9.97 Å². The van der Waals surface area contributed by atoms with Gasteiger partial charge in [0.15, 0.2) is 0 Å². The van der Waals surface area contributed by atoms with Crippen molar-refractivity contribution in [3.05, 3.63) is 30.6 Å². The van der Waals surface area contributed by atoms with Crippen molar-refractivity contribution in [2.45, 2.75) is 6.92 Å². The van der Waals surface area contributed by atoms with Crippen molar-refractivity contribution < 1.29 is 4.74 Å². The van der Waals surface area contributed by atoms with Gasteiger partial charge in [-0.15, -0.1) is 0 Å². The molecule has 0 aliphatic carbocycles. The first-order valence-electron chi connectivity index (χ1n) is 5.22. The lowest BCUT2D eigenvalue weighted by atomic mass is 10.4. The van der Waals surface area contributed by atoms with Crippen LogP contribution in [0.3, 0.4) is 0 Å². The number of hydrogen-bond donors (Lipinski definition) is 2. The smallest absolute Gasteiger partial charge is 0.221 e. The molecule has 88 valence electrons. The van der Waals surface area contributed by atoms with Crippen LogP contribution in [0.2, 0.25) is 0 Å². The van der Waals surface area contributed by atoms with Crippen molar-refractivity contribution in [3.8, 4) is 5.88 Å². The quantitative estimate of drug-likeness (QED) is 0.831. The zero-order valence-corrected chi connectivity index (χ0v) is 9.42. The predicted molar refractivity (Wildman–Crippen MR) is 65.1 cm³/mol. The fourth-order valence-corrected chi connectivity index (χ4v) is 1.28. The van der Waals surface area contributed by atoms with Gasteiger partial charge in [0, 0.05) is 12.3 Å². The van der Waals surface area contributed by atoms with Gasteiger partial charge in [0.05, 0.1) is 18.5 Å². The van der Waals surface area contributed by atoms with Crippen molar-refractivity contribution in [3.63, 3.8) is 0 Å². The Morgan fingerprint density at radius 1 is 1.29 bits per heavy atom. The van der Waals surface area contributed by atoms with E-state index < -0.39 is 0 Å². The minimum atomic E-state index is 0.230. The van der Waals surface area contributed by atoms with Crippen LogP contribution < -0.4 is 15.8 Å². The summed E-state index contributed by atoms with van der Waals surface area (Å²) in [5.74, 6) is 1.46. The average molecular weight is 231 g/mol. The fourth-order valence-electron chi connectivity index (χ4n) is 1.28. The zero-order valence-electron chi connectivity index (χ0n) is 9.42. The molecule has 0 aliphatic rings. The number of nitrogens with zero attached hydrogens (tertiary/aromatic N) is 3. The molecule has 0 unspecified atom stereocenters. The summed E-state index contributed by atoms with van der Waals surface area (Å²) in [6, 6.07) is 5.37. The molecular weight excluding hydrogens is 218 g/mol. The standard InChI is InChI=1S/C11H13N5O/c1-2-17-10-4-3-8(7-14-10)15-9-5-6-13-11(12)16-9/h3-7H,2H2,1H3,(H3,12,13,15,16). The van der Waals surface area contributed by atoms with E-state index in [1.54, 1.807) is 24.5 Å². The number of anilines is 3. The van der Waals surface area contributed by atoms with Gasteiger partial charge in [0.2, 0.25) is 11.8 Å². The van der Waals surface area contributed by atoms with E-state index in [2.05, 4.69) is 20.3 Å². The number of nitrogens with two attached hydrogens (primary N) is 1. The van der Waals surface area contributed by atoms with Gasteiger partial charge in [-0.05, 0) is 19.1 Å². The van der Waals surface area contributed by atoms with Crippen molar-refractivity contribution in [2.75, 3.05) is 17.7 Å².